The van der Waals surface area contributed by atoms with Crippen LogP contribution in [0.25, 0.3) is 6.08 Å². The van der Waals surface area contributed by atoms with Crippen molar-refractivity contribution >= 4 is 137 Å². The average Bonchev–Trinajstić information content (AvgIpc) is 3.38. The van der Waals surface area contributed by atoms with Crippen molar-refractivity contribution in [1.29, 1.82) is 0 Å². The molecular formula is C74H85Cl2IN8O2P2PdSn. The number of hydrogen-bond acceptors (Lipinski definition) is 6. The Labute approximate surface area is 578 Å². The molecule has 10 aromatic rings. The number of pyridine rings is 2. The van der Waals surface area contributed by atoms with Crippen molar-refractivity contribution in [1.82, 2.24) is 29.1 Å². The van der Waals surface area contributed by atoms with Gasteiger partial charge in [-0.05, 0) is 101 Å². The summed E-state index contributed by atoms with van der Waals surface area (Å²) in [4.78, 5) is 43.8. The number of amides is 2. The Balaban J connectivity index is 0.000000205. The van der Waals surface area contributed by atoms with E-state index in [4.69, 9.17) is 19.1 Å². The van der Waals surface area contributed by atoms with Gasteiger partial charge in [-0.15, -0.1) is 0 Å². The summed E-state index contributed by atoms with van der Waals surface area (Å²) in [7, 11) is 15.8. The molecule has 0 radical (unpaired) electrons. The molecule has 0 unspecified atom stereocenters. The number of benzene rings is 6. The molecule has 0 aliphatic carbocycles. The average molecular weight is 1600 g/mol. The van der Waals surface area contributed by atoms with Crippen molar-refractivity contribution in [3.63, 3.8) is 0 Å². The van der Waals surface area contributed by atoms with Crippen LogP contribution in [0.3, 0.4) is 0 Å². The van der Waals surface area contributed by atoms with E-state index >= 15 is 0 Å². The van der Waals surface area contributed by atoms with E-state index in [2.05, 4.69) is 263 Å². The fourth-order valence-corrected chi connectivity index (χ4v) is 27.7. The van der Waals surface area contributed by atoms with Crippen LogP contribution in [0.1, 0.15) is 86.1 Å². The molecule has 91 heavy (non-hydrogen) atoms. The minimum Gasteiger partial charge on any atom is -0.0622 e. The van der Waals surface area contributed by atoms with Gasteiger partial charge in [-0.3, -0.25) is 19.6 Å². The zero-order valence-electron chi connectivity index (χ0n) is 53.3. The van der Waals surface area contributed by atoms with Crippen LogP contribution < -0.4 is 41.6 Å². The van der Waals surface area contributed by atoms with Gasteiger partial charge in [0.15, 0.2) is 3.83 Å². The molecular weight excluding hydrogens is 1520 g/mol. The molecule has 4 aromatic heterocycles. The molecule has 6 aromatic carbocycles. The Morgan fingerprint density at radius 1 is 0.495 bits per heavy atom. The first kappa shape index (κ1) is 75.8. The zero-order chi connectivity index (χ0) is 65.6. The number of rotatable bonds is 21. The summed E-state index contributed by atoms with van der Waals surface area (Å²) in [5.41, 5.74) is 2.56. The molecule has 0 aliphatic heterocycles. The van der Waals surface area contributed by atoms with Crippen LogP contribution in [0.5, 0.6) is 0 Å². The molecule has 0 spiro atoms. The van der Waals surface area contributed by atoms with E-state index < -0.39 is 34.2 Å². The van der Waals surface area contributed by atoms with Gasteiger partial charge in [-0.1, -0.05) is 189 Å². The summed E-state index contributed by atoms with van der Waals surface area (Å²) < 4.78 is 11.4. The van der Waals surface area contributed by atoms with Crippen LogP contribution in [0.2, 0.25) is 13.3 Å². The smallest absolute Gasteiger partial charge is 0.0134 e. The predicted molar refractivity (Wildman–Crippen MR) is 400 cm³/mol. The topological polar surface area (TPSA) is 102 Å². The molecule has 17 heteroatoms. The third kappa shape index (κ3) is 24.5. The van der Waals surface area contributed by atoms with E-state index in [1.165, 1.54) is 75.3 Å². The molecule has 0 atom stereocenters. The Hall–Kier alpha value is -5.91. The maximum Gasteiger partial charge on any atom is -0.0134 e. The number of nitrogens with zero attached hydrogens (tertiary/aromatic N) is 8. The van der Waals surface area contributed by atoms with Crippen LogP contribution in [0.4, 0.5) is 11.4 Å². The number of halogens is 3. The Morgan fingerprint density at radius 2 is 0.791 bits per heavy atom. The summed E-state index contributed by atoms with van der Waals surface area (Å²) in [5.74, 6) is 0.431. The van der Waals surface area contributed by atoms with Crippen molar-refractivity contribution in [2.75, 3.05) is 23.9 Å². The maximum absolute atomic E-state index is 12.3. The van der Waals surface area contributed by atoms with E-state index in [0.29, 0.717) is 17.2 Å². The van der Waals surface area contributed by atoms with Gasteiger partial charge in [-0.25, -0.2) is 9.97 Å². The van der Waals surface area contributed by atoms with Gasteiger partial charge in [0.05, 0.1) is 36.2 Å². The number of carbonyl (C=O) groups excluding carboxylic acids is 2. The molecule has 2 amide bonds. The molecule has 10 rings (SSSR count). The molecule has 4 heterocycles. The van der Waals surface area contributed by atoms with E-state index in [1.807, 2.05) is 19.2 Å². The Morgan fingerprint density at radius 3 is 1.02 bits per heavy atom. The summed E-state index contributed by atoms with van der Waals surface area (Å²) >= 11 is 0.129. The monoisotopic (exact) mass is 1600 g/mol. The molecule has 0 aliphatic rings. The van der Waals surface area contributed by atoms with Crippen molar-refractivity contribution < 1.29 is 25.5 Å². The zero-order valence-corrected chi connectivity index (χ0v) is 63.1. The van der Waals surface area contributed by atoms with Gasteiger partial charge in [0.2, 0.25) is 0 Å². The van der Waals surface area contributed by atoms with E-state index in [9.17, 15) is 9.59 Å². The number of hydrogen-bond donors (Lipinski definition) is 0. The molecule has 0 saturated heterocycles. The van der Waals surface area contributed by atoms with E-state index in [0.717, 1.165) is 15.2 Å². The van der Waals surface area contributed by atoms with Gasteiger partial charge >= 0.3 is 137 Å². The number of aromatic nitrogens is 6. The van der Waals surface area contributed by atoms with Crippen molar-refractivity contribution in [2.24, 2.45) is 14.1 Å². The standard InChI is InChI=1S/2C18H15P.C13H14N4O.C11H11IN4O.3C4H9.C2H3.2ClH.Pd.Sn/c2*1-4-10-16(11-5-1)19(17-12-6-2-7-13-17)18-14-8-3-9-15-18;1-4-12-15-9-11(17(12)3)13(18)16(2)10-6-5-7-14-8-10;1-15(8-4-3-5-13-6-8)10(17)9-7-14-11(12)16(9)2;3*1-3-4-2;1-2;;;;/h2*1-15H;4-9H,1H2,2-3H3;3-7H,1-2H3;3*1,3-4H2,2H3;1H,2H2;2*1H;;/q;;;;;;;;;;+2;/p-2. The fourth-order valence-electron chi connectivity index (χ4n) is 9.70. The predicted octanol–water partition coefficient (Wildman–Crippen LogP) is 17.3. The van der Waals surface area contributed by atoms with Crippen molar-refractivity contribution in [2.45, 2.75) is 72.6 Å². The normalized spacial score (nSPS) is 10.5. The van der Waals surface area contributed by atoms with Gasteiger partial charge in [0.25, 0.3) is 11.8 Å². The molecule has 0 fully saturated rings. The molecule has 478 valence electrons. The van der Waals surface area contributed by atoms with Gasteiger partial charge in [0.1, 0.15) is 17.2 Å². The Bertz CT molecular complexity index is 3300. The number of unbranched alkanes of at least 4 members (excludes halogenated alkanes) is 3. The number of imidazole rings is 2. The molecule has 10 nitrogen and oxygen atoms in total. The first-order chi connectivity index (χ1) is 44.3. The van der Waals surface area contributed by atoms with Crippen LogP contribution in [-0.4, -0.2) is 73.4 Å². The maximum atomic E-state index is 12.3. The summed E-state index contributed by atoms with van der Waals surface area (Å²) in [6.45, 7) is 14.8. The second-order valence-electron chi connectivity index (χ2n) is 21.0. The van der Waals surface area contributed by atoms with Gasteiger partial charge < -0.3 is 18.9 Å². The van der Waals surface area contributed by atoms with Crippen molar-refractivity contribution in [3.8, 4) is 0 Å². The Kier molecular flexibility index (Phi) is 35.9. The summed E-state index contributed by atoms with van der Waals surface area (Å²) in [5, 5.41) is 8.39. The SMILES string of the molecule is C=Cc1ncc(C(=O)N(C)c2cccnc2)n1C.C=[CH][Sn]([CH2]CCC)([CH2]CCC)[CH2]CCC.CN(C(=O)c1cnc(I)n1C)c1cccnc1.[Cl][Pd][Cl].c1ccc(P(c2ccccc2)c2ccccc2)cc1.c1ccc(P(c2ccccc2)c2ccccc2)cc1. The third-order valence-electron chi connectivity index (χ3n) is 14.9. The van der Waals surface area contributed by atoms with Crippen LogP contribution in [0, 0.1) is 3.83 Å². The quantitative estimate of drug-likeness (QED) is 0.0403. The first-order valence-corrected chi connectivity index (χ1v) is 45.8. The third-order valence-corrected chi connectivity index (χ3v) is 34.8. The fraction of sp³-hybridized carbons (Fsp3) is 0.216. The van der Waals surface area contributed by atoms with E-state index in [1.54, 1.807) is 104 Å². The second kappa shape index (κ2) is 43.1. The number of carbonyl (C=O) groups is 2. The van der Waals surface area contributed by atoms with Gasteiger partial charge in [0, 0.05) is 40.6 Å². The largest absolute Gasteiger partial charge is 0.0622 e. The first-order valence-electron chi connectivity index (χ1n) is 30.4. The molecule has 0 saturated carbocycles. The van der Waals surface area contributed by atoms with Gasteiger partial charge in [-0.2, -0.15) is 0 Å². The van der Waals surface area contributed by atoms with E-state index in [-0.39, 0.29) is 27.8 Å². The summed E-state index contributed by atoms with van der Waals surface area (Å²) in [6.07, 6.45) is 19.8. The summed E-state index contributed by atoms with van der Waals surface area (Å²) in [6, 6.07) is 71.9. The van der Waals surface area contributed by atoms with Crippen molar-refractivity contribution in [3.05, 3.63) is 282 Å². The minimum absolute atomic E-state index is 0.101. The number of anilines is 2. The van der Waals surface area contributed by atoms with Crippen LogP contribution in [0.15, 0.2) is 261 Å². The minimum atomic E-state index is -1.85. The molecule has 0 N–H and O–H groups in total. The molecule has 0 bridgehead atoms. The van der Waals surface area contributed by atoms with Crippen LogP contribution >= 0.6 is 57.5 Å². The van der Waals surface area contributed by atoms with Crippen LogP contribution in [-0.2, 0) is 30.0 Å². The second-order valence-corrected chi connectivity index (χ2v) is 42.0.